The Morgan fingerprint density at radius 1 is 1.40 bits per heavy atom. The summed E-state index contributed by atoms with van der Waals surface area (Å²) in [5.41, 5.74) is 2.80. The molecule has 0 aliphatic rings. The van der Waals surface area contributed by atoms with E-state index in [9.17, 15) is 0 Å². The third-order valence-corrected chi connectivity index (χ3v) is 1.84. The second kappa shape index (κ2) is 5.55. The summed E-state index contributed by atoms with van der Waals surface area (Å²) in [5, 5.41) is 0. The van der Waals surface area contributed by atoms with Gasteiger partial charge in [0.2, 0.25) is 0 Å². The molecular formula is C9H15Cl. The van der Waals surface area contributed by atoms with Gasteiger partial charge in [-0.1, -0.05) is 17.2 Å². The molecule has 0 saturated carbocycles. The van der Waals surface area contributed by atoms with Gasteiger partial charge in [-0.05, 0) is 26.7 Å². The molecule has 0 fully saturated rings. The molecule has 0 atom stereocenters. The van der Waals surface area contributed by atoms with E-state index in [1.807, 2.05) is 6.08 Å². The van der Waals surface area contributed by atoms with E-state index in [4.69, 9.17) is 11.6 Å². The van der Waals surface area contributed by atoms with Crippen molar-refractivity contribution in [3.63, 3.8) is 0 Å². The van der Waals surface area contributed by atoms with E-state index < -0.39 is 0 Å². The smallest absolute Gasteiger partial charge is 0.0260 e. The van der Waals surface area contributed by atoms with E-state index in [1.54, 1.807) is 0 Å². The number of alkyl halides is 1. The molecule has 0 nitrogen and oxygen atoms in total. The SMILES string of the molecule is C=CC/C(C)=C(/C)CCCl. The molecule has 0 radical (unpaired) electrons. The average Bonchev–Trinajstić information content (AvgIpc) is 1.89. The number of hydrogen-bond donors (Lipinski definition) is 0. The Bertz CT molecular complexity index is 134. The largest absolute Gasteiger partial charge is 0.126 e. The van der Waals surface area contributed by atoms with Crippen molar-refractivity contribution >= 4 is 11.6 Å². The van der Waals surface area contributed by atoms with E-state index >= 15 is 0 Å². The monoisotopic (exact) mass is 158 g/mol. The molecule has 0 heterocycles. The zero-order valence-corrected chi connectivity index (χ0v) is 7.54. The van der Waals surface area contributed by atoms with Crippen LogP contribution in [-0.2, 0) is 0 Å². The van der Waals surface area contributed by atoms with E-state index in [-0.39, 0.29) is 0 Å². The molecule has 0 N–H and O–H groups in total. The summed E-state index contributed by atoms with van der Waals surface area (Å²) < 4.78 is 0. The molecule has 1 heteroatoms. The van der Waals surface area contributed by atoms with Gasteiger partial charge < -0.3 is 0 Å². The Morgan fingerprint density at radius 2 is 2.00 bits per heavy atom. The highest BCUT2D eigenvalue weighted by Gasteiger charge is 1.92. The van der Waals surface area contributed by atoms with E-state index in [2.05, 4.69) is 20.4 Å². The fraction of sp³-hybridized carbons (Fsp3) is 0.556. The van der Waals surface area contributed by atoms with E-state index in [0.717, 1.165) is 18.7 Å². The topological polar surface area (TPSA) is 0 Å². The van der Waals surface area contributed by atoms with Gasteiger partial charge in [0.05, 0.1) is 0 Å². The molecule has 58 valence electrons. The highest BCUT2D eigenvalue weighted by molar-refractivity contribution is 6.17. The van der Waals surface area contributed by atoms with Crippen LogP contribution < -0.4 is 0 Å². The zero-order valence-electron chi connectivity index (χ0n) is 6.78. The minimum absolute atomic E-state index is 0.723. The molecule has 0 aliphatic heterocycles. The van der Waals surface area contributed by atoms with Gasteiger partial charge in [0.25, 0.3) is 0 Å². The molecule has 0 unspecified atom stereocenters. The molecule has 0 aromatic rings. The second-order valence-electron chi connectivity index (χ2n) is 2.49. The Kier molecular flexibility index (Phi) is 5.42. The van der Waals surface area contributed by atoms with Crippen LogP contribution >= 0.6 is 11.6 Å². The van der Waals surface area contributed by atoms with Gasteiger partial charge in [0, 0.05) is 5.88 Å². The maximum atomic E-state index is 5.58. The van der Waals surface area contributed by atoms with Gasteiger partial charge in [0.1, 0.15) is 0 Å². The van der Waals surface area contributed by atoms with E-state index in [1.165, 1.54) is 11.1 Å². The quantitative estimate of drug-likeness (QED) is 0.434. The molecule has 0 rings (SSSR count). The van der Waals surface area contributed by atoms with Crippen LogP contribution in [0.4, 0.5) is 0 Å². The highest BCUT2D eigenvalue weighted by Crippen LogP contribution is 2.11. The summed E-state index contributed by atoms with van der Waals surface area (Å²) in [6, 6.07) is 0. The molecule has 0 spiro atoms. The number of rotatable bonds is 4. The maximum absolute atomic E-state index is 5.58. The van der Waals surface area contributed by atoms with Crippen LogP contribution in [0.1, 0.15) is 26.7 Å². The number of halogens is 1. The maximum Gasteiger partial charge on any atom is 0.0260 e. The lowest BCUT2D eigenvalue weighted by molar-refractivity contribution is 1.03. The number of allylic oxidation sites excluding steroid dienone is 3. The third kappa shape index (κ3) is 3.73. The van der Waals surface area contributed by atoms with Crippen LogP contribution in [-0.4, -0.2) is 5.88 Å². The highest BCUT2D eigenvalue weighted by atomic mass is 35.5. The zero-order chi connectivity index (χ0) is 7.98. The van der Waals surface area contributed by atoms with Crippen LogP contribution in [0.5, 0.6) is 0 Å². The van der Waals surface area contributed by atoms with Crippen molar-refractivity contribution in [2.45, 2.75) is 26.7 Å². The molecule has 10 heavy (non-hydrogen) atoms. The Hall–Kier alpha value is -0.230. The van der Waals surface area contributed by atoms with Crippen LogP contribution in [0.15, 0.2) is 23.8 Å². The first-order valence-corrected chi connectivity index (χ1v) is 4.08. The number of hydrogen-bond acceptors (Lipinski definition) is 0. The van der Waals surface area contributed by atoms with Gasteiger partial charge in [0.15, 0.2) is 0 Å². The fourth-order valence-corrected chi connectivity index (χ4v) is 1.03. The van der Waals surface area contributed by atoms with Crippen LogP contribution in [0.25, 0.3) is 0 Å². The predicted molar refractivity (Wildman–Crippen MR) is 48.5 cm³/mol. The van der Waals surface area contributed by atoms with Crippen molar-refractivity contribution in [1.82, 2.24) is 0 Å². The Morgan fingerprint density at radius 3 is 2.40 bits per heavy atom. The van der Waals surface area contributed by atoms with Crippen LogP contribution in [0.3, 0.4) is 0 Å². The van der Waals surface area contributed by atoms with Crippen molar-refractivity contribution in [2.75, 3.05) is 5.88 Å². The van der Waals surface area contributed by atoms with Crippen molar-refractivity contribution in [2.24, 2.45) is 0 Å². The average molecular weight is 159 g/mol. The van der Waals surface area contributed by atoms with Crippen LogP contribution in [0, 0.1) is 0 Å². The first kappa shape index (κ1) is 9.77. The van der Waals surface area contributed by atoms with Gasteiger partial charge in [-0.2, -0.15) is 0 Å². The molecule has 0 aromatic carbocycles. The Labute approximate surface area is 68.6 Å². The standard InChI is InChI=1S/C9H15Cl/c1-4-5-8(2)9(3)6-7-10/h4H,1,5-7H2,2-3H3/b9-8-. The summed E-state index contributed by atoms with van der Waals surface area (Å²) in [7, 11) is 0. The molecule has 0 aliphatic carbocycles. The van der Waals surface area contributed by atoms with Gasteiger partial charge in [-0.15, -0.1) is 18.2 Å². The first-order valence-electron chi connectivity index (χ1n) is 3.54. The van der Waals surface area contributed by atoms with Crippen molar-refractivity contribution < 1.29 is 0 Å². The van der Waals surface area contributed by atoms with E-state index in [0.29, 0.717) is 0 Å². The first-order chi connectivity index (χ1) is 4.72. The minimum Gasteiger partial charge on any atom is -0.126 e. The summed E-state index contributed by atoms with van der Waals surface area (Å²) in [4.78, 5) is 0. The molecule has 0 bridgehead atoms. The summed E-state index contributed by atoms with van der Waals surface area (Å²) >= 11 is 5.58. The minimum atomic E-state index is 0.723. The van der Waals surface area contributed by atoms with Crippen LogP contribution in [0.2, 0.25) is 0 Å². The lowest BCUT2D eigenvalue weighted by Gasteiger charge is -2.02. The summed E-state index contributed by atoms with van der Waals surface area (Å²) in [5.74, 6) is 0.723. The predicted octanol–water partition coefficient (Wildman–Crippen LogP) is 3.53. The third-order valence-electron chi connectivity index (χ3n) is 1.65. The lowest BCUT2D eigenvalue weighted by atomic mass is 10.1. The normalized spacial score (nSPS) is 12.7. The molecule has 0 saturated heterocycles. The van der Waals surface area contributed by atoms with Gasteiger partial charge in [-0.25, -0.2) is 0 Å². The fourth-order valence-electron chi connectivity index (χ4n) is 0.746. The van der Waals surface area contributed by atoms with Crippen molar-refractivity contribution in [1.29, 1.82) is 0 Å². The Balaban J connectivity index is 3.90. The van der Waals surface area contributed by atoms with Gasteiger partial charge >= 0.3 is 0 Å². The summed E-state index contributed by atoms with van der Waals surface area (Å²) in [6.45, 7) is 7.93. The van der Waals surface area contributed by atoms with Crippen molar-refractivity contribution in [3.05, 3.63) is 23.8 Å². The molecule has 0 aromatic heterocycles. The van der Waals surface area contributed by atoms with Gasteiger partial charge in [-0.3, -0.25) is 0 Å². The van der Waals surface area contributed by atoms with Crippen molar-refractivity contribution in [3.8, 4) is 0 Å². The summed E-state index contributed by atoms with van der Waals surface area (Å²) in [6.07, 6.45) is 3.91. The molecular weight excluding hydrogens is 144 g/mol. The lowest BCUT2D eigenvalue weighted by Crippen LogP contribution is -1.84. The molecule has 0 amide bonds. The second-order valence-corrected chi connectivity index (χ2v) is 2.87.